The fourth-order valence-electron chi connectivity index (χ4n) is 5.01. The molecule has 45 heavy (non-hydrogen) atoms. The van der Waals surface area contributed by atoms with Gasteiger partial charge in [0, 0.05) is 18.5 Å². The van der Waals surface area contributed by atoms with Crippen molar-refractivity contribution in [3.63, 3.8) is 0 Å². The highest BCUT2D eigenvalue weighted by Gasteiger charge is 2.35. The van der Waals surface area contributed by atoms with Crippen LogP contribution in [0.1, 0.15) is 37.5 Å². The Morgan fingerprint density at radius 3 is 2.00 bits per heavy atom. The van der Waals surface area contributed by atoms with Gasteiger partial charge in [0.25, 0.3) is 10.0 Å². The Bertz CT molecular complexity index is 1690. The highest BCUT2D eigenvalue weighted by atomic mass is 32.2. The maximum absolute atomic E-state index is 14.5. The Morgan fingerprint density at radius 1 is 0.822 bits per heavy atom. The van der Waals surface area contributed by atoms with E-state index in [-0.39, 0.29) is 23.8 Å². The number of sulfonamides is 1. The topological polar surface area (TPSA) is 96.0 Å². The van der Waals surface area contributed by atoms with Crippen LogP contribution in [0, 0.1) is 6.92 Å². The molecule has 4 rings (SSSR count). The second-order valence-electron chi connectivity index (χ2n) is 12.0. The maximum atomic E-state index is 14.5. The van der Waals surface area contributed by atoms with Crippen molar-refractivity contribution in [2.75, 3.05) is 18.0 Å². The van der Waals surface area contributed by atoms with Gasteiger partial charge in [0.05, 0.1) is 17.7 Å². The van der Waals surface area contributed by atoms with Crippen LogP contribution < -0.4 is 14.4 Å². The van der Waals surface area contributed by atoms with Gasteiger partial charge in [-0.3, -0.25) is 13.9 Å². The predicted octanol–water partition coefficient (Wildman–Crippen LogP) is 5.75. The van der Waals surface area contributed by atoms with E-state index >= 15 is 0 Å². The molecule has 4 aromatic carbocycles. The highest BCUT2D eigenvalue weighted by Crippen LogP contribution is 2.26. The van der Waals surface area contributed by atoms with Gasteiger partial charge in [-0.1, -0.05) is 78.4 Å². The van der Waals surface area contributed by atoms with Gasteiger partial charge < -0.3 is 15.0 Å². The largest absolute Gasteiger partial charge is 0.497 e. The van der Waals surface area contributed by atoms with Gasteiger partial charge in [0.15, 0.2) is 0 Å². The van der Waals surface area contributed by atoms with Gasteiger partial charge in [0.2, 0.25) is 11.8 Å². The van der Waals surface area contributed by atoms with Crippen LogP contribution >= 0.6 is 0 Å². The molecule has 0 unspecified atom stereocenters. The Balaban J connectivity index is 1.80. The van der Waals surface area contributed by atoms with Gasteiger partial charge in [-0.25, -0.2) is 8.42 Å². The first-order valence-electron chi connectivity index (χ1n) is 14.8. The molecule has 2 amide bonds. The number of ether oxygens (including phenoxy) is 1. The van der Waals surface area contributed by atoms with E-state index in [2.05, 4.69) is 5.32 Å². The molecule has 0 saturated heterocycles. The number of benzene rings is 4. The molecule has 0 aromatic heterocycles. The van der Waals surface area contributed by atoms with E-state index in [0.29, 0.717) is 11.4 Å². The average molecular weight is 628 g/mol. The van der Waals surface area contributed by atoms with Crippen molar-refractivity contribution in [3.05, 3.63) is 126 Å². The van der Waals surface area contributed by atoms with Crippen molar-refractivity contribution >= 4 is 27.5 Å². The van der Waals surface area contributed by atoms with Crippen LogP contribution in [0.25, 0.3) is 0 Å². The van der Waals surface area contributed by atoms with Gasteiger partial charge in [-0.05, 0) is 75.2 Å². The number of carbonyl (C=O) groups excluding carboxylic acids is 2. The molecule has 1 atom stereocenters. The smallest absolute Gasteiger partial charge is 0.264 e. The maximum Gasteiger partial charge on any atom is 0.264 e. The summed E-state index contributed by atoms with van der Waals surface area (Å²) in [5.74, 6) is -0.326. The van der Waals surface area contributed by atoms with Crippen molar-refractivity contribution in [1.82, 2.24) is 10.2 Å². The normalized spacial score (nSPS) is 12.2. The van der Waals surface area contributed by atoms with Gasteiger partial charge in [-0.2, -0.15) is 0 Å². The fraction of sp³-hybridized carbons (Fsp3) is 0.278. The van der Waals surface area contributed by atoms with E-state index in [9.17, 15) is 18.0 Å². The first-order chi connectivity index (χ1) is 21.4. The van der Waals surface area contributed by atoms with Crippen LogP contribution in [-0.4, -0.2) is 50.4 Å². The van der Waals surface area contributed by atoms with E-state index in [0.717, 1.165) is 21.0 Å². The summed E-state index contributed by atoms with van der Waals surface area (Å²) in [4.78, 5) is 30.0. The van der Waals surface area contributed by atoms with Crippen LogP contribution in [0.2, 0.25) is 0 Å². The molecule has 8 nitrogen and oxygen atoms in total. The summed E-state index contributed by atoms with van der Waals surface area (Å²) >= 11 is 0. The molecule has 9 heteroatoms. The van der Waals surface area contributed by atoms with Crippen LogP contribution in [0.3, 0.4) is 0 Å². The lowest BCUT2D eigenvalue weighted by molar-refractivity contribution is -0.140. The number of para-hydroxylation sites is 1. The third-order valence-electron chi connectivity index (χ3n) is 7.18. The molecule has 0 aliphatic rings. The standard InChI is InChI=1S/C36H41N3O5S/c1-27-13-12-16-29(23-27)25-38(33(35(41)37-36(2,3)4)24-28-14-8-6-9-15-28)34(40)26-39(30-17-10-7-11-18-30)45(42,43)32-21-19-31(44-5)20-22-32/h6-23,33H,24-26H2,1-5H3,(H,37,41)/t33-/m1/s1. The molecule has 0 bridgehead atoms. The Hall–Kier alpha value is -4.63. The minimum atomic E-state index is -4.19. The summed E-state index contributed by atoms with van der Waals surface area (Å²) in [5.41, 5.74) is 2.48. The zero-order valence-corrected chi connectivity index (χ0v) is 27.3. The van der Waals surface area contributed by atoms with Crippen molar-refractivity contribution in [3.8, 4) is 5.75 Å². The minimum Gasteiger partial charge on any atom is -0.497 e. The Kier molecular flexibility index (Phi) is 10.7. The average Bonchev–Trinajstić information content (AvgIpc) is 3.01. The number of aryl methyl sites for hydroxylation is 1. The monoisotopic (exact) mass is 627 g/mol. The van der Waals surface area contributed by atoms with Gasteiger partial charge in [0.1, 0.15) is 18.3 Å². The molecule has 236 valence electrons. The van der Waals surface area contributed by atoms with Crippen molar-refractivity contribution < 1.29 is 22.7 Å². The number of nitrogens with zero attached hydrogens (tertiary/aromatic N) is 2. The van der Waals surface area contributed by atoms with Crippen molar-refractivity contribution in [2.24, 2.45) is 0 Å². The zero-order valence-electron chi connectivity index (χ0n) is 26.4. The fourth-order valence-corrected chi connectivity index (χ4v) is 6.43. The molecule has 0 saturated carbocycles. The van der Waals surface area contributed by atoms with Gasteiger partial charge >= 0.3 is 0 Å². The molecule has 1 N–H and O–H groups in total. The van der Waals surface area contributed by atoms with Crippen LogP contribution in [0.15, 0.2) is 114 Å². The third kappa shape index (κ3) is 8.95. The quantitative estimate of drug-likeness (QED) is 0.216. The number of hydrogen-bond acceptors (Lipinski definition) is 5. The lowest BCUT2D eigenvalue weighted by Crippen LogP contribution is -2.56. The Labute approximate surface area is 266 Å². The number of hydrogen-bond donors (Lipinski definition) is 1. The van der Waals surface area contributed by atoms with Crippen molar-refractivity contribution in [2.45, 2.75) is 57.1 Å². The van der Waals surface area contributed by atoms with Crippen molar-refractivity contribution in [1.29, 1.82) is 0 Å². The summed E-state index contributed by atoms with van der Waals surface area (Å²) < 4.78 is 34.5. The first-order valence-corrected chi connectivity index (χ1v) is 16.2. The number of anilines is 1. The molecule has 4 aromatic rings. The summed E-state index contributed by atoms with van der Waals surface area (Å²) in [5, 5.41) is 3.05. The SMILES string of the molecule is COc1ccc(S(=O)(=O)N(CC(=O)N(Cc2cccc(C)c2)[C@H](Cc2ccccc2)C(=O)NC(C)(C)C)c2ccccc2)cc1. The van der Waals surface area contributed by atoms with Crippen LogP contribution in [-0.2, 0) is 32.6 Å². The van der Waals surface area contributed by atoms with E-state index in [1.54, 1.807) is 42.5 Å². The zero-order chi connectivity index (χ0) is 32.6. The summed E-state index contributed by atoms with van der Waals surface area (Å²) in [6.45, 7) is 7.21. The third-order valence-corrected chi connectivity index (χ3v) is 8.96. The first kappa shape index (κ1) is 33.3. The number of carbonyl (C=O) groups is 2. The Morgan fingerprint density at radius 2 is 1.42 bits per heavy atom. The van der Waals surface area contributed by atoms with E-state index in [4.69, 9.17) is 4.74 Å². The molecule has 0 fully saturated rings. The highest BCUT2D eigenvalue weighted by molar-refractivity contribution is 7.92. The number of amides is 2. The molecule has 0 aliphatic carbocycles. The van der Waals surface area contributed by atoms with E-state index in [1.807, 2.05) is 82.3 Å². The second kappa shape index (κ2) is 14.4. The number of rotatable bonds is 12. The molecular weight excluding hydrogens is 586 g/mol. The molecule has 0 radical (unpaired) electrons. The number of nitrogens with one attached hydrogen (secondary N) is 1. The summed E-state index contributed by atoms with van der Waals surface area (Å²) in [6.07, 6.45) is 0.247. The number of methoxy groups -OCH3 is 1. The predicted molar refractivity (Wildman–Crippen MR) is 178 cm³/mol. The van der Waals surface area contributed by atoms with Gasteiger partial charge in [-0.15, -0.1) is 0 Å². The summed E-state index contributed by atoms with van der Waals surface area (Å²) in [7, 11) is -2.69. The molecule has 0 spiro atoms. The van der Waals surface area contributed by atoms with Crippen LogP contribution in [0.5, 0.6) is 5.75 Å². The second-order valence-corrected chi connectivity index (χ2v) is 13.8. The van der Waals surface area contributed by atoms with E-state index < -0.39 is 34.1 Å². The van der Waals surface area contributed by atoms with E-state index in [1.165, 1.54) is 24.1 Å². The molecule has 0 heterocycles. The van der Waals surface area contributed by atoms with Crippen LogP contribution in [0.4, 0.5) is 5.69 Å². The summed E-state index contributed by atoms with van der Waals surface area (Å²) in [6, 6.07) is 30.8. The lowest BCUT2D eigenvalue weighted by Gasteiger charge is -2.35. The molecular formula is C36H41N3O5S. The minimum absolute atomic E-state index is 0.0106. The molecule has 0 aliphatic heterocycles. The lowest BCUT2D eigenvalue weighted by atomic mass is 10.0.